The molecule has 0 unspecified atom stereocenters. The Morgan fingerprint density at radius 3 is 2.26 bits per heavy atom. The molecule has 27 heavy (non-hydrogen) atoms. The third-order valence-corrected chi connectivity index (χ3v) is 4.85. The summed E-state index contributed by atoms with van der Waals surface area (Å²) < 4.78 is 10.8. The summed E-state index contributed by atoms with van der Waals surface area (Å²) in [5.74, 6) is 0.546. The number of hydrogen-bond donors (Lipinski definition) is 1. The van der Waals surface area contributed by atoms with E-state index in [-0.39, 0.29) is 12.0 Å². The van der Waals surface area contributed by atoms with Crippen LogP contribution in [0.3, 0.4) is 0 Å². The molecular formula is C22H27NO4. The first-order valence-corrected chi connectivity index (χ1v) is 9.14. The molecule has 0 spiro atoms. The molecule has 5 heteroatoms. The molecule has 0 radical (unpaired) electrons. The highest BCUT2D eigenvalue weighted by Crippen LogP contribution is 2.42. The maximum Gasteiger partial charge on any atom is 0.410 e. The lowest BCUT2D eigenvalue weighted by molar-refractivity contribution is -0.0691. The monoisotopic (exact) mass is 369 g/mol. The Labute approximate surface area is 160 Å². The second-order valence-corrected chi connectivity index (χ2v) is 7.95. The van der Waals surface area contributed by atoms with Crippen LogP contribution in [0.1, 0.15) is 31.9 Å². The molecule has 1 N–H and O–H groups in total. The molecule has 0 aliphatic carbocycles. The summed E-state index contributed by atoms with van der Waals surface area (Å²) in [5.41, 5.74) is -0.201. The van der Waals surface area contributed by atoms with E-state index in [2.05, 4.69) is 0 Å². The molecule has 1 atom stereocenters. The molecule has 2 aromatic rings. The number of aliphatic hydroxyl groups is 1. The Hall–Kier alpha value is -2.53. The van der Waals surface area contributed by atoms with Crippen LogP contribution in [-0.4, -0.2) is 41.9 Å². The highest BCUT2D eigenvalue weighted by Gasteiger charge is 2.48. The topological polar surface area (TPSA) is 59.0 Å². The average molecular weight is 369 g/mol. The van der Waals surface area contributed by atoms with Crippen molar-refractivity contribution in [3.8, 4) is 5.75 Å². The van der Waals surface area contributed by atoms with E-state index < -0.39 is 11.2 Å². The number of benzene rings is 2. The first-order chi connectivity index (χ1) is 12.7. The number of methoxy groups -OCH3 is 1. The summed E-state index contributed by atoms with van der Waals surface area (Å²) in [6, 6.07) is 17.0. The zero-order valence-electron chi connectivity index (χ0n) is 16.3. The van der Waals surface area contributed by atoms with Crippen LogP contribution in [-0.2, 0) is 10.3 Å². The number of nitrogens with zero attached hydrogens (tertiary/aromatic N) is 1. The molecule has 1 amide bonds. The molecule has 1 aliphatic heterocycles. The van der Waals surface area contributed by atoms with Crippen molar-refractivity contribution in [2.45, 2.75) is 32.0 Å². The van der Waals surface area contributed by atoms with Gasteiger partial charge in [-0.05, 0) is 44.0 Å². The Kier molecular flexibility index (Phi) is 5.16. The molecule has 1 heterocycles. The van der Waals surface area contributed by atoms with E-state index in [4.69, 9.17) is 9.47 Å². The van der Waals surface area contributed by atoms with Crippen LogP contribution in [0.4, 0.5) is 4.79 Å². The lowest BCUT2D eigenvalue weighted by Gasteiger charge is -2.48. The molecule has 0 aromatic heterocycles. The smallest absolute Gasteiger partial charge is 0.410 e. The second kappa shape index (κ2) is 7.24. The molecule has 144 valence electrons. The Bertz CT molecular complexity index is 793. The summed E-state index contributed by atoms with van der Waals surface area (Å²) in [6.07, 6.45) is -0.347. The maximum atomic E-state index is 12.3. The van der Waals surface area contributed by atoms with E-state index in [0.717, 1.165) is 11.1 Å². The van der Waals surface area contributed by atoms with Crippen LogP contribution in [0.15, 0.2) is 54.6 Å². The number of ether oxygens (including phenoxy) is 2. The van der Waals surface area contributed by atoms with Crippen molar-refractivity contribution in [3.63, 3.8) is 0 Å². The number of amides is 1. The number of carbonyl (C=O) groups is 1. The quantitative estimate of drug-likeness (QED) is 0.891. The predicted octanol–water partition coefficient (Wildman–Crippen LogP) is 3.80. The minimum Gasteiger partial charge on any atom is -0.497 e. The van der Waals surface area contributed by atoms with Gasteiger partial charge >= 0.3 is 6.09 Å². The van der Waals surface area contributed by atoms with Gasteiger partial charge in [0, 0.05) is 19.0 Å². The Balaban J connectivity index is 1.88. The fourth-order valence-electron chi connectivity index (χ4n) is 3.41. The summed E-state index contributed by atoms with van der Waals surface area (Å²) >= 11 is 0. The highest BCUT2D eigenvalue weighted by molar-refractivity contribution is 5.69. The lowest BCUT2D eigenvalue weighted by Crippen LogP contribution is -2.59. The van der Waals surface area contributed by atoms with Crippen molar-refractivity contribution >= 4 is 6.09 Å². The van der Waals surface area contributed by atoms with E-state index in [1.165, 1.54) is 0 Å². The minimum absolute atomic E-state index is 0.139. The fraction of sp³-hybridized carbons (Fsp3) is 0.409. The summed E-state index contributed by atoms with van der Waals surface area (Å²) in [6.45, 7) is 6.39. The zero-order valence-corrected chi connectivity index (χ0v) is 16.3. The van der Waals surface area contributed by atoms with Gasteiger partial charge in [-0.2, -0.15) is 0 Å². The molecule has 0 bridgehead atoms. The number of hydrogen-bond acceptors (Lipinski definition) is 4. The van der Waals surface area contributed by atoms with Crippen LogP contribution in [0.2, 0.25) is 0 Å². The van der Waals surface area contributed by atoms with Gasteiger partial charge in [0.05, 0.1) is 7.11 Å². The van der Waals surface area contributed by atoms with Gasteiger partial charge in [0.1, 0.15) is 17.0 Å². The summed E-state index contributed by atoms with van der Waals surface area (Å²) in [4.78, 5) is 13.9. The largest absolute Gasteiger partial charge is 0.497 e. The van der Waals surface area contributed by atoms with Crippen LogP contribution in [0.5, 0.6) is 5.75 Å². The fourth-order valence-corrected chi connectivity index (χ4v) is 3.41. The van der Waals surface area contributed by atoms with Crippen molar-refractivity contribution < 1.29 is 19.4 Å². The molecule has 1 aliphatic rings. The first kappa shape index (κ1) is 19.2. The van der Waals surface area contributed by atoms with Gasteiger partial charge in [0.2, 0.25) is 0 Å². The number of likely N-dealkylation sites (tertiary alicyclic amines) is 1. The van der Waals surface area contributed by atoms with Crippen molar-refractivity contribution in [3.05, 3.63) is 65.7 Å². The summed E-state index contributed by atoms with van der Waals surface area (Å²) in [5, 5.41) is 11.8. The van der Waals surface area contributed by atoms with E-state index in [1.807, 2.05) is 75.4 Å². The average Bonchev–Trinajstić information content (AvgIpc) is 2.59. The third-order valence-electron chi connectivity index (χ3n) is 4.85. The van der Waals surface area contributed by atoms with Gasteiger partial charge < -0.3 is 19.5 Å². The van der Waals surface area contributed by atoms with Crippen LogP contribution in [0, 0.1) is 5.92 Å². The minimum atomic E-state index is -1.21. The Morgan fingerprint density at radius 1 is 1.04 bits per heavy atom. The second-order valence-electron chi connectivity index (χ2n) is 7.95. The number of rotatable bonds is 4. The molecule has 3 rings (SSSR count). The van der Waals surface area contributed by atoms with Crippen LogP contribution >= 0.6 is 0 Å². The maximum absolute atomic E-state index is 12.3. The van der Waals surface area contributed by atoms with Crippen LogP contribution < -0.4 is 4.74 Å². The number of carbonyl (C=O) groups excluding carboxylic acids is 1. The summed E-state index contributed by atoms with van der Waals surface area (Å²) in [7, 11) is 1.61. The van der Waals surface area contributed by atoms with Crippen LogP contribution in [0.25, 0.3) is 0 Å². The van der Waals surface area contributed by atoms with Gasteiger partial charge in [-0.1, -0.05) is 42.5 Å². The van der Waals surface area contributed by atoms with E-state index in [1.54, 1.807) is 12.0 Å². The third kappa shape index (κ3) is 3.93. The predicted molar refractivity (Wildman–Crippen MR) is 104 cm³/mol. The zero-order chi connectivity index (χ0) is 19.7. The van der Waals surface area contributed by atoms with Gasteiger partial charge in [-0.15, -0.1) is 0 Å². The highest BCUT2D eigenvalue weighted by atomic mass is 16.6. The van der Waals surface area contributed by atoms with Crippen molar-refractivity contribution in [1.29, 1.82) is 0 Å². The van der Waals surface area contributed by atoms with Gasteiger partial charge in [0.15, 0.2) is 0 Å². The Morgan fingerprint density at radius 2 is 1.67 bits per heavy atom. The van der Waals surface area contributed by atoms with E-state index in [9.17, 15) is 9.90 Å². The van der Waals surface area contributed by atoms with E-state index in [0.29, 0.717) is 18.8 Å². The first-order valence-electron chi connectivity index (χ1n) is 9.14. The van der Waals surface area contributed by atoms with Gasteiger partial charge in [-0.25, -0.2) is 4.79 Å². The molecular weight excluding hydrogens is 342 g/mol. The van der Waals surface area contributed by atoms with Crippen molar-refractivity contribution in [1.82, 2.24) is 4.90 Å². The lowest BCUT2D eigenvalue weighted by atomic mass is 9.72. The molecule has 2 aromatic carbocycles. The van der Waals surface area contributed by atoms with Crippen molar-refractivity contribution in [2.24, 2.45) is 5.92 Å². The molecule has 1 saturated heterocycles. The molecule has 1 fully saturated rings. The van der Waals surface area contributed by atoms with E-state index >= 15 is 0 Å². The normalized spacial score (nSPS) is 17.0. The standard InChI is InChI=1S/C22H27NO4/c1-21(2,3)27-20(24)23-14-18(15-23)22(25,16-9-6-5-7-10-16)17-11-8-12-19(13-17)26-4/h5-13,18,25H,14-15H2,1-4H3/t22-/m0/s1. The molecule has 5 nitrogen and oxygen atoms in total. The van der Waals surface area contributed by atoms with Gasteiger partial charge in [0.25, 0.3) is 0 Å². The molecule has 0 saturated carbocycles. The van der Waals surface area contributed by atoms with Crippen molar-refractivity contribution in [2.75, 3.05) is 20.2 Å². The van der Waals surface area contributed by atoms with Gasteiger partial charge in [-0.3, -0.25) is 0 Å². The SMILES string of the molecule is COc1cccc([C@@](O)(c2ccccc2)C2CN(C(=O)OC(C)(C)C)C2)c1.